The molecule has 182 valence electrons. The van der Waals surface area contributed by atoms with Gasteiger partial charge >= 0.3 is 6.09 Å². The van der Waals surface area contributed by atoms with Gasteiger partial charge in [0.05, 0.1) is 24.1 Å². The Kier molecular flexibility index (Phi) is 5.64. The van der Waals surface area contributed by atoms with Crippen LogP contribution in [0.4, 0.5) is 16.4 Å². The third-order valence-electron chi connectivity index (χ3n) is 6.37. The number of amides is 1. The summed E-state index contributed by atoms with van der Waals surface area (Å²) in [6.07, 6.45) is 2.41. The average Bonchev–Trinajstić information content (AvgIpc) is 3.48. The van der Waals surface area contributed by atoms with Crippen molar-refractivity contribution >= 4 is 28.9 Å². The molecular weight excluding hydrogens is 446 g/mol. The number of fused-ring (bicyclic) bond motifs is 2. The highest BCUT2D eigenvalue weighted by Crippen LogP contribution is 2.42. The van der Waals surface area contributed by atoms with Crippen molar-refractivity contribution < 1.29 is 9.53 Å². The Bertz CT molecular complexity index is 1360. The molecule has 4 aromatic rings. The SMILES string of the molecule is CN(C)CC(OC(=O)N1Cc2c(Nc3ncnc4c3ncn4C)n[nH]c2C1(C)C)c1ccccc1. The Morgan fingerprint density at radius 1 is 1.20 bits per heavy atom. The van der Waals surface area contributed by atoms with E-state index in [-0.39, 0.29) is 12.2 Å². The van der Waals surface area contributed by atoms with Gasteiger partial charge < -0.3 is 19.5 Å². The molecule has 0 spiro atoms. The molecule has 0 fully saturated rings. The summed E-state index contributed by atoms with van der Waals surface area (Å²) in [5.74, 6) is 1.15. The molecule has 11 heteroatoms. The topological polar surface area (TPSA) is 117 Å². The van der Waals surface area contributed by atoms with E-state index in [0.29, 0.717) is 35.9 Å². The maximum atomic E-state index is 13.4. The first kappa shape index (κ1) is 22.8. The van der Waals surface area contributed by atoms with E-state index in [9.17, 15) is 4.79 Å². The molecule has 1 aromatic carbocycles. The van der Waals surface area contributed by atoms with Crippen molar-refractivity contribution in [2.24, 2.45) is 7.05 Å². The van der Waals surface area contributed by atoms with Crippen molar-refractivity contribution in [3.8, 4) is 0 Å². The summed E-state index contributed by atoms with van der Waals surface area (Å²) < 4.78 is 7.87. The molecule has 1 unspecified atom stereocenters. The van der Waals surface area contributed by atoms with Crippen molar-refractivity contribution in [2.45, 2.75) is 32.0 Å². The van der Waals surface area contributed by atoms with Crippen LogP contribution in [-0.2, 0) is 23.9 Å². The Balaban J connectivity index is 1.39. The van der Waals surface area contributed by atoms with E-state index in [0.717, 1.165) is 16.8 Å². The van der Waals surface area contributed by atoms with E-state index < -0.39 is 5.54 Å². The number of aryl methyl sites for hydroxylation is 1. The second-order valence-corrected chi connectivity index (χ2v) is 9.49. The number of H-pyrrole nitrogens is 1. The predicted molar refractivity (Wildman–Crippen MR) is 131 cm³/mol. The van der Waals surface area contributed by atoms with Gasteiger partial charge in [-0.15, -0.1) is 0 Å². The number of carbonyl (C=O) groups is 1. The molecule has 1 amide bonds. The van der Waals surface area contributed by atoms with Crippen molar-refractivity contribution in [1.82, 2.24) is 39.5 Å². The lowest BCUT2D eigenvalue weighted by Crippen LogP contribution is -2.42. The molecule has 5 rings (SSSR count). The number of nitrogens with one attached hydrogen (secondary N) is 2. The molecule has 1 aliphatic heterocycles. The van der Waals surface area contributed by atoms with Gasteiger partial charge in [0, 0.05) is 19.2 Å². The summed E-state index contributed by atoms with van der Waals surface area (Å²) >= 11 is 0. The van der Waals surface area contributed by atoms with Crippen LogP contribution >= 0.6 is 0 Å². The van der Waals surface area contributed by atoms with Crippen LogP contribution in [0.2, 0.25) is 0 Å². The van der Waals surface area contributed by atoms with Gasteiger partial charge in [-0.25, -0.2) is 19.7 Å². The number of anilines is 2. The zero-order valence-electron chi connectivity index (χ0n) is 20.5. The van der Waals surface area contributed by atoms with Gasteiger partial charge in [0.1, 0.15) is 12.4 Å². The predicted octanol–water partition coefficient (Wildman–Crippen LogP) is 3.32. The fourth-order valence-electron chi connectivity index (χ4n) is 4.46. The van der Waals surface area contributed by atoms with Gasteiger partial charge in [-0.05, 0) is 33.5 Å². The van der Waals surface area contributed by atoms with Gasteiger partial charge in [-0.1, -0.05) is 30.3 Å². The van der Waals surface area contributed by atoms with Crippen molar-refractivity contribution in [1.29, 1.82) is 0 Å². The summed E-state index contributed by atoms with van der Waals surface area (Å²) in [4.78, 5) is 30.2. The van der Waals surface area contributed by atoms with E-state index >= 15 is 0 Å². The van der Waals surface area contributed by atoms with Gasteiger partial charge in [-0.3, -0.25) is 10.00 Å². The second-order valence-electron chi connectivity index (χ2n) is 9.49. The highest BCUT2D eigenvalue weighted by Gasteiger charge is 2.45. The first-order valence-corrected chi connectivity index (χ1v) is 11.4. The quantitative estimate of drug-likeness (QED) is 0.436. The third-order valence-corrected chi connectivity index (χ3v) is 6.37. The molecule has 35 heavy (non-hydrogen) atoms. The van der Waals surface area contributed by atoms with E-state index in [1.807, 2.05) is 74.8 Å². The minimum Gasteiger partial charge on any atom is -0.440 e. The lowest BCUT2D eigenvalue weighted by molar-refractivity contribution is 0.0259. The third kappa shape index (κ3) is 4.08. The molecule has 0 saturated carbocycles. The summed E-state index contributed by atoms with van der Waals surface area (Å²) in [5.41, 5.74) is 3.43. The molecule has 3 aromatic heterocycles. The number of hydrogen-bond donors (Lipinski definition) is 2. The molecule has 2 N–H and O–H groups in total. The average molecular weight is 476 g/mol. The van der Waals surface area contributed by atoms with Crippen molar-refractivity contribution in [3.05, 3.63) is 59.8 Å². The van der Waals surface area contributed by atoms with Crippen LogP contribution in [0.5, 0.6) is 0 Å². The number of aromatic nitrogens is 6. The standard InChI is InChI=1S/C24H29N9O2/c1-24(2)19-16(20(30-29-19)28-21-18-22(26-13-25-21)32(5)14-27-18)11-33(24)23(34)35-17(12-31(3)4)15-9-7-6-8-10-15/h6-10,13-14,17H,11-12H2,1-5H3,(H2,25,26,28,29,30). The number of imidazole rings is 1. The molecule has 0 saturated heterocycles. The summed E-state index contributed by atoms with van der Waals surface area (Å²) in [5, 5.41) is 10.9. The zero-order valence-corrected chi connectivity index (χ0v) is 20.5. The molecule has 4 heterocycles. The lowest BCUT2D eigenvalue weighted by atomic mass is 10.0. The Morgan fingerprint density at radius 3 is 2.71 bits per heavy atom. The van der Waals surface area contributed by atoms with E-state index in [1.165, 1.54) is 6.33 Å². The van der Waals surface area contributed by atoms with Gasteiger partial charge in [0.2, 0.25) is 0 Å². The van der Waals surface area contributed by atoms with Gasteiger partial charge in [0.15, 0.2) is 22.8 Å². The Morgan fingerprint density at radius 2 is 1.97 bits per heavy atom. The maximum Gasteiger partial charge on any atom is 0.411 e. The van der Waals surface area contributed by atoms with Crippen LogP contribution in [0, 0.1) is 0 Å². The number of ether oxygens (including phenoxy) is 1. The Hall–Kier alpha value is -3.99. The van der Waals surface area contributed by atoms with E-state index in [2.05, 4.69) is 30.5 Å². The Labute approximate surface area is 203 Å². The van der Waals surface area contributed by atoms with Crippen LogP contribution in [0.15, 0.2) is 43.0 Å². The van der Waals surface area contributed by atoms with Crippen molar-refractivity contribution in [2.75, 3.05) is 26.0 Å². The van der Waals surface area contributed by atoms with Crippen LogP contribution < -0.4 is 5.32 Å². The first-order chi connectivity index (χ1) is 16.8. The molecule has 1 aliphatic rings. The number of nitrogens with zero attached hydrogens (tertiary/aromatic N) is 7. The van der Waals surface area contributed by atoms with Crippen molar-refractivity contribution in [3.63, 3.8) is 0 Å². The number of likely N-dealkylation sites (N-methyl/N-ethyl adjacent to an activating group) is 1. The van der Waals surface area contributed by atoms with Gasteiger partial charge in [-0.2, -0.15) is 5.10 Å². The van der Waals surface area contributed by atoms with E-state index in [1.54, 1.807) is 11.2 Å². The monoisotopic (exact) mass is 475 g/mol. The molecule has 0 bridgehead atoms. The zero-order chi connectivity index (χ0) is 24.7. The number of aromatic amines is 1. The lowest BCUT2D eigenvalue weighted by Gasteiger charge is -2.33. The summed E-state index contributed by atoms with van der Waals surface area (Å²) in [7, 11) is 5.80. The maximum absolute atomic E-state index is 13.4. The fourth-order valence-corrected chi connectivity index (χ4v) is 4.46. The van der Waals surface area contributed by atoms with Crippen LogP contribution in [0.1, 0.15) is 36.8 Å². The summed E-state index contributed by atoms with van der Waals surface area (Å²) in [6.45, 7) is 4.89. The van der Waals surface area contributed by atoms with Gasteiger partial charge in [0.25, 0.3) is 0 Å². The van der Waals surface area contributed by atoms with Crippen LogP contribution in [0.3, 0.4) is 0 Å². The minimum absolute atomic E-state index is 0.347. The number of carbonyl (C=O) groups excluding carboxylic acids is 1. The number of benzene rings is 1. The van der Waals surface area contributed by atoms with Crippen LogP contribution in [-0.4, -0.2) is 66.2 Å². The summed E-state index contributed by atoms with van der Waals surface area (Å²) in [6, 6.07) is 9.81. The molecule has 0 aliphatic carbocycles. The first-order valence-electron chi connectivity index (χ1n) is 11.4. The normalized spacial score (nSPS) is 15.4. The minimum atomic E-state index is -0.634. The second kappa shape index (κ2) is 8.66. The van der Waals surface area contributed by atoms with Crippen LogP contribution in [0.25, 0.3) is 11.2 Å². The molecule has 0 radical (unpaired) electrons. The molecule has 1 atom stereocenters. The fraction of sp³-hybridized carbons (Fsp3) is 0.375. The number of rotatable bonds is 6. The highest BCUT2D eigenvalue weighted by molar-refractivity contribution is 5.85. The molecule has 11 nitrogen and oxygen atoms in total. The smallest absolute Gasteiger partial charge is 0.411 e. The largest absolute Gasteiger partial charge is 0.440 e. The number of hydrogen-bond acceptors (Lipinski definition) is 8. The van der Waals surface area contributed by atoms with E-state index in [4.69, 9.17) is 4.74 Å². The molecular formula is C24H29N9O2. The highest BCUT2D eigenvalue weighted by atomic mass is 16.6.